The summed E-state index contributed by atoms with van der Waals surface area (Å²) in [4.78, 5) is 2.43. The molecule has 0 aromatic heterocycles. The van der Waals surface area contributed by atoms with Gasteiger partial charge in [0.15, 0.2) is 0 Å². The van der Waals surface area contributed by atoms with Gasteiger partial charge in [0, 0.05) is 19.7 Å². The predicted octanol–water partition coefficient (Wildman–Crippen LogP) is 5.79. The molecule has 0 unspecified atom stereocenters. The van der Waals surface area contributed by atoms with E-state index in [4.69, 9.17) is 22.0 Å². The highest BCUT2D eigenvalue weighted by Crippen LogP contribution is 2.16. The van der Waals surface area contributed by atoms with Crippen molar-refractivity contribution in [3.63, 3.8) is 0 Å². The van der Waals surface area contributed by atoms with E-state index in [0.29, 0.717) is 17.2 Å². The van der Waals surface area contributed by atoms with Crippen molar-refractivity contribution >= 4 is 11.6 Å². The predicted molar refractivity (Wildman–Crippen MR) is 123 cm³/mol. The van der Waals surface area contributed by atoms with Crippen LogP contribution < -0.4 is 0 Å². The van der Waals surface area contributed by atoms with Crippen molar-refractivity contribution in [1.82, 2.24) is 4.90 Å². The molecule has 0 radical (unpaired) electrons. The molecular weight excluding hydrogens is 380 g/mol. The number of benzene rings is 2. The first-order chi connectivity index (χ1) is 13.9. The second-order valence-electron chi connectivity index (χ2n) is 7.65. The van der Waals surface area contributed by atoms with Crippen LogP contribution in [0.15, 0.2) is 42.5 Å². The number of likely N-dealkylation sites (tertiary alicyclic amines) is 1. The zero-order valence-corrected chi connectivity index (χ0v) is 19.0. The fourth-order valence-corrected chi connectivity index (χ4v) is 3.52. The Labute approximate surface area is 181 Å². The normalized spacial score (nSPS) is 15.6. The number of halogens is 1. The van der Waals surface area contributed by atoms with E-state index >= 15 is 0 Å². The number of aliphatic hydroxyl groups is 1. The van der Waals surface area contributed by atoms with Crippen molar-refractivity contribution in [2.75, 3.05) is 26.2 Å². The number of aryl methyl sites for hydroxylation is 3. The first-order valence-corrected chi connectivity index (χ1v) is 10.8. The van der Waals surface area contributed by atoms with E-state index in [1.165, 1.54) is 30.6 Å². The summed E-state index contributed by atoms with van der Waals surface area (Å²) in [6.07, 6.45) is 3.42. The van der Waals surface area contributed by atoms with Crippen LogP contribution in [0, 0.1) is 31.1 Å². The largest absolute Gasteiger partial charge is 0.396 e. The highest BCUT2D eigenvalue weighted by molar-refractivity contribution is 6.31. The van der Waals surface area contributed by atoms with Crippen LogP contribution in [0.4, 0.5) is 0 Å². The number of hydrogen-bond donors (Lipinski definition) is 1. The van der Waals surface area contributed by atoms with Gasteiger partial charge in [-0.1, -0.05) is 55.8 Å². The monoisotopic (exact) mass is 414 g/mol. The molecule has 0 spiro atoms. The van der Waals surface area contributed by atoms with E-state index in [-0.39, 0.29) is 0 Å². The van der Waals surface area contributed by atoms with E-state index in [9.17, 15) is 0 Å². The maximum absolute atomic E-state index is 8.57. The molecule has 1 heterocycles. The molecule has 0 aliphatic carbocycles. The number of nitriles is 1. The van der Waals surface area contributed by atoms with Crippen LogP contribution in [-0.4, -0.2) is 36.2 Å². The van der Waals surface area contributed by atoms with Crippen molar-refractivity contribution in [1.29, 1.82) is 5.26 Å². The molecule has 1 atom stereocenters. The van der Waals surface area contributed by atoms with Gasteiger partial charge in [-0.2, -0.15) is 5.26 Å². The maximum Gasteiger partial charge on any atom is 0.101 e. The molecule has 158 valence electrons. The van der Waals surface area contributed by atoms with E-state index in [1.807, 2.05) is 19.1 Å². The van der Waals surface area contributed by atoms with Crippen molar-refractivity contribution in [3.05, 3.63) is 69.7 Å². The van der Waals surface area contributed by atoms with E-state index in [1.54, 1.807) is 12.1 Å². The average Bonchev–Trinajstić information content (AvgIpc) is 3.13. The van der Waals surface area contributed by atoms with Crippen molar-refractivity contribution in [3.8, 4) is 6.07 Å². The molecule has 3 rings (SSSR count). The minimum absolute atomic E-state index is 0.338. The number of rotatable bonds is 4. The Balaban J connectivity index is 0.000000218. The summed E-state index contributed by atoms with van der Waals surface area (Å²) in [7, 11) is 0. The van der Waals surface area contributed by atoms with Crippen LogP contribution in [0.5, 0.6) is 0 Å². The topological polar surface area (TPSA) is 47.3 Å². The van der Waals surface area contributed by atoms with Gasteiger partial charge in [0.25, 0.3) is 0 Å². The molecule has 1 fully saturated rings. The van der Waals surface area contributed by atoms with Crippen LogP contribution in [0.2, 0.25) is 5.02 Å². The third-order valence-electron chi connectivity index (χ3n) is 5.03. The van der Waals surface area contributed by atoms with Gasteiger partial charge in [0.2, 0.25) is 0 Å². The van der Waals surface area contributed by atoms with Gasteiger partial charge in [0.05, 0.1) is 10.6 Å². The zero-order chi connectivity index (χ0) is 21.6. The molecule has 0 saturated carbocycles. The first kappa shape index (κ1) is 25.2. The lowest BCUT2D eigenvalue weighted by Crippen LogP contribution is -2.22. The summed E-state index contributed by atoms with van der Waals surface area (Å²) >= 11 is 5.71. The van der Waals surface area contributed by atoms with Gasteiger partial charge >= 0.3 is 0 Å². The Bertz CT molecular complexity index is 770. The smallest absolute Gasteiger partial charge is 0.101 e. The SMILES string of the molecule is CCc1ccccc1C.C[C@H]1CCN(CCCO)C1.Cc1ccc(C#N)c(Cl)c1. The molecule has 4 heteroatoms. The molecule has 0 amide bonds. The molecule has 3 nitrogen and oxygen atoms in total. The maximum atomic E-state index is 8.57. The second kappa shape index (κ2) is 14.2. The van der Waals surface area contributed by atoms with Gasteiger partial charge in [0.1, 0.15) is 6.07 Å². The van der Waals surface area contributed by atoms with Crippen LogP contribution in [-0.2, 0) is 6.42 Å². The fraction of sp³-hybridized carbons (Fsp3) is 0.480. The minimum Gasteiger partial charge on any atom is -0.396 e. The molecule has 1 N–H and O–H groups in total. The zero-order valence-electron chi connectivity index (χ0n) is 18.3. The van der Waals surface area contributed by atoms with Gasteiger partial charge in [-0.15, -0.1) is 0 Å². The lowest BCUT2D eigenvalue weighted by molar-refractivity contribution is 0.245. The fourth-order valence-electron chi connectivity index (χ4n) is 3.24. The van der Waals surface area contributed by atoms with Gasteiger partial charge in [-0.3, -0.25) is 0 Å². The summed E-state index contributed by atoms with van der Waals surface area (Å²) in [5.74, 6) is 0.874. The Kier molecular flexibility index (Phi) is 12.3. The number of aliphatic hydroxyl groups excluding tert-OH is 1. The van der Waals surface area contributed by atoms with E-state index in [0.717, 1.165) is 30.9 Å². The highest BCUT2D eigenvalue weighted by Gasteiger charge is 2.17. The standard InChI is InChI=1S/C9H12.C8H6ClN.C8H17NO/c1-3-9-7-5-4-6-8(9)2;1-6-2-3-7(5-10)8(9)4-6;1-8-3-5-9(7-8)4-2-6-10/h4-7H,3H2,1-2H3;2-4H,1H3;8,10H,2-7H2,1H3/t;;8-/m..0/s1. The minimum atomic E-state index is 0.338. The first-order valence-electron chi connectivity index (χ1n) is 10.4. The average molecular weight is 415 g/mol. The molecular formula is C25H35ClN2O. The Morgan fingerprint density at radius 3 is 2.41 bits per heavy atom. The van der Waals surface area contributed by atoms with Gasteiger partial charge in [-0.25, -0.2) is 0 Å². The lowest BCUT2D eigenvalue weighted by atomic mass is 10.1. The third-order valence-corrected chi connectivity index (χ3v) is 5.34. The molecule has 1 saturated heterocycles. The van der Waals surface area contributed by atoms with Crippen LogP contribution >= 0.6 is 11.6 Å². The lowest BCUT2D eigenvalue weighted by Gasteiger charge is -2.13. The summed E-state index contributed by atoms with van der Waals surface area (Å²) in [6.45, 7) is 12.5. The molecule has 2 aromatic rings. The van der Waals surface area contributed by atoms with Gasteiger partial charge < -0.3 is 10.0 Å². The van der Waals surface area contributed by atoms with Crippen molar-refractivity contribution in [2.45, 2.75) is 47.0 Å². The van der Waals surface area contributed by atoms with E-state index < -0.39 is 0 Å². The van der Waals surface area contributed by atoms with Gasteiger partial charge in [-0.05, 0) is 74.4 Å². The summed E-state index contributed by atoms with van der Waals surface area (Å²) in [6, 6.07) is 15.8. The molecule has 1 aliphatic heterocycles. The molecule has 2 aromatic carbocycles. The van der Waals surface area contributed by atoms with Crippen LogP contribution in [0.3, 0.4) is 0 Å². The van der Waals surface area contributed by atoms with Crippen molar-refractivity contribution < 1.29 is 5.11 Å². The number of nitrogens with zero attached hydrogens (tertiary/aromatic N) is 2. The summed E-state index contributed by atoms with van der Waals surface area (Å²) in [5.41, 5.74) is 4.47. The Hall–Kier alpha value is -1.86. The third kappa shape index (κ3) is 9.94. The molecule has 29 heavy (non-hydrogen) atoms. The van der Waals surface area contributed by atoms with E-state index in [2.05, 4.69) is 49.9 Å². The summed E-state index contributed by atoms with van der Waals surface area (Å²) < 4.78 is 0. The molecule has 0 bridgehead atoms. The van der Waals surface area contributed by atoms with Crippen LogP contribution in [0.25, 0.3) is 0 Å². The highest BCUT2D eigenvalue weighted by atomic mass is 35.5. The van der Waals surface area contributed by atoms with Crippen LogP contribution in [0.1, 0.15) is 48.9 Å². The van der Waals surface area contributed by atoms with Crippen molar-refractivity contribution in [2.24, 2.45) is 5.92 Å². The Morgan fingerprint density at radius 2 is 1.93 bits per heavy atom. The second-order valence-corrected chi connectivity index (χ2v) is 8.05. The number of hydrogen-bond acceptors (Lipinski definition) is 3. The summed E-state index contributed by atoms with van der Waals surface area (Å²) in [5, 5.41) is 17.6. The quantitative estimate of drug-likeness (QED) is 0.688. The Morgan fingerprint density at radius 1 is 1.21 bits per heavy atom. The molecule has 1 aliphatic rings.